The molecule has 1 aliphatic heterocycles. The minimum atomic E-state index is 0.0675. The highest BCUT2D eigenvalue weighted by Crippen LogP contribution is 2.33. The fraction of sp³-hybridized carbons (Fsp3) is 0.636. The van der Waals surface area contributed by atoms with Crippen LogP contribution >= 0.6 is 11.3 Å². The minimum Gasteiger partial charge on any atom is -0.375 e. The molecule has 1 atom stereocenters. The Morgan fingerprint density at radius 2 is 2.56 bits per heavy atom. The van der Waals surface area contributed by atoms with Crippen LogP contribution in [0.5, 0.6) is 0 Å². The summed E-state index contributed by atoms with van der Waals surface area (Å²) in [7, 11) is 1.55. The molecule has 1 aromatic rings. The molecule has 0 saturated carbocycles. The number of hydrogen-bond acceptors (Lipinski definition) is 4. The summed E-state index contributed by atoms with van der Waals surface area (Å²) in [5.41, 5.74) is 1.03. The third kappa shape index (κ3) is 2.25. The summed E-state index contributed by atoms with van der Waals surface area (Å²) in [6.45, 7) is 2.97. The third-order valence-electron chi connectivity index (χ3n) is 2.76. The number of aryl methyl sites for hydroxylation is 1. The van der Waals surface area contributed by atoms with Gasteiger partial charge in [-0.1, -0.05) is 0 Å². The number of nitrogens with zero attached hydrogens (tertiary/aromatic N) is 2. The lowest BCUT2D eigenvalue weighted by Crippen LogP contribution is -2.33. The predicted molar refractivity (Wildman–Crippen MR) is 62.4 cm³/mol. The summed E-state index contributed by atoms with van der Waals surface area (Å²) in [5.74, 6) is 0.0675. The Hall–Kier alpha value is -0.940. The van der Waals surface area contributed by atoms with Crippen molar-refractivity contribution in [2.24, 2.45) is 0 Å². The van der Waals surface area contributed by atoms with Crippen molar-refractivity contribution in [2.75, 3.05) is 20.3 Å². The van der Waals surface area contributed by atoms with Gasteiger partial charge in [0.15, 0.2) is 0 Å². The Labute approximate surface area is 99.2 Å². The van der Waals surface area contributed by atoms with Gasteiger partial charge in [0, 0.05) is 24.7 Å². The summed E-state index contributed by atoms with van der Waals surface area (Å²) >= 11 is 1.64. The molecule has 2 rings (SSSR count). The molecule has 0 bridgehead atoms. The largest absolute Gasteiger partial charge is 0.375 e. The maximum Gasteiger partial charge on any atom is 0.249 e. The van der Waals surface area contributed by atoms with E-state index in [1.54, 1.807) is 18.4 Å². The zero-order valence-electron chi connectivity index (χ0n) is 9.60. The van der Waals surface area contributed by atoms with Gasteiger partial charge >= 0.3 is 0 Å². The Balaban J connectivity index is 2.11. The molecule has 0 aromatic carbocycles. The number of carbonyl (C=O) groups excluding carboxylic acids is 1. The van der Waals surface area contributed by atoms with E-state index in [-0.39, 0.29) is 18.6 Å². The second-order valence-corrected chi connectivity index (χ2v) is 4.89. The summed E-state index contributed by atoms with van der Waals surface area (Å²) < 4.78 is 4.90. The van der Waals surface area contributed by atoms with Crippen LogP contribution < -0.4 is 0 Å². The van der Waals surface area contributed by atoms with Crippen LogP contribution in [0.4, 0.5) is 0 Å². The monoisotopic (exact) mass is 240 g/mol. The molecular formula is C11H16N2O2S. The van der Waals surface area contributed by atoms with Crippen LogP contribution in [0, 0.1) is 6.92 Å². The average molecular weight is 240 g/mol. The molecule has 0 radical (unpaired) electrons. The van der Waals surface area contributed by atoms with Crippen molar-refractivity contribution in [3.8, 4) is 0 Å². The number of rotatable bonds is 3. The van der Waals surface area contributed by atoms with E-state index < -0.39 is 0 Å². The normalized spacial score (nSPS) is 20.4. The molecule has 0 spiro atoms. The lowest BCUT2D eigenvalue weighted by atomic mass is 10.2. The molecule has 16 heavy (non-hydrogen) atoms. The molecule has 1 unspecified atom stereocenters. The number of thiazole rings is 1. The summed E-state index contributed by atoms with van der Waals surface area (Å²) in [4.78, 5) is 18.2. The van der Waals surface area contributed by atoms with Gasteiger partial charge in [-0.15, -0.1) is 11.3 Å². The number of aromatic nitrogens is 1. The molecule has 1 saturated heterocycles. The Morgan fingerprint density at radius 1 is 1.75 bits per heavy atom. The molecular weight excluding hydrogens is 224 g/mol. The molecule has 2 heterocycles. The van der Waals surface area contributed by atoms with Crippen LogP contribution in [-0.4, -0.2) is 36.1 Å². The van der Waals surface area contributed by atoms with Crippen LogP contribution in [-0.2, 0) is 9.53 Å². The lowest BCUT2D eigenvalue weighted by molar-refractivity contribution is -0.136. The van der Waals surface area contributed by atoms with Gasteiger partial charge in [0.2, 0.25) is 5.91 Å². The van der Waals surface area contributed by atoms with E-state index >= 15 is 0 Å². The first kappa shape index (κ1) is 11.5. The van der Waals surface area contributed by atoms with Crippen molar-refractivity contribution in [3.63, 3.8) is 0 Å². The molecule has 1 amide bonds. The van der Waals surface area contributed by atoms with Gasteiger partial charge in [-0.25, -0.2) is 4.98 Å². The quantitative estimate of drug-likeness (QED) is 0.808. The average Bonchev–Trinajstić information content (AvgIpc) is 2.85. The molecule has 0 aliphatic carbocycles. The second kappa shape index (κ2) is 4.93. The number of likely N-dealkylation sites (tertiary alicyclic amines) is 1. The van der Waals surface area contributed by atoms with Crippen molar-refractivity contribution in [2.45, 2.75) is 25.8 Å². The van der Waals surface area contributed by atoms with Gasteiger partial charge in [-0.3, -0.25) is 4.79 Å². The van der Waals surface area contributed by atoms with Gasteiger partial charge < -0.3 is 9.64 Å². The van der Waals surface area contributed by atoms with Gasteiger partial charge in [0.1, 0.15) is 11.6 Å². The number of ether oxygens (including phenoxy) is 1. The van der Waals surface area contributed by atoms with Crippen molar-refractivity contribution in [1.82, 2.24) is 9.88 Å². The molecule has 0 N–H and O–H groups in total. The minimum absolute atomic E-state index is 0.0675. The van der Waals surface area contributed by atoms with E-state index in [0.29, 0.717) is 0 Å². The molecule has 1 aliphatic rings. The van der Waals surface area contributed by atoms with Crippen LogP contribution in [0.2, 0.25) is 0 Å². The predicted octanol–water partition coefficient (Wildman–Crippen LogP) is 1.76. The van der Waals surface area contributed by atoms with Gasteiger partial charge in [-0.2, -0.15) is 0 Å². The first-order valence-electron chi connectivity index (χ1n) is 5.43. The highest BCUT2D eigenvalue weighted by molar-refractivity contribution is 7.09. The van der Waals surface area contributed by atoms with Gasteiger partial charge in [0.25, 0.3) is 0 Å². The van der Waals surface area contributed by atoms with E-state index in [2.05, 4.69) is 4.98 Å². The van der Waals surface area contributed by atoms with Crippen LogP contribution in [0.3, 0.4) is 0 Å². The summed E-state index contributed by atoms with van der Waals surface area (Å²) in [5, 5.41) is 3.09. The maximum absolute atomic E-state index is 11.8. The second-order valence-electron chi connectivity index (χ2n) is 4.01. The van der Waals surface area contributed by atoms with Gasteiger partial charge in [0.05, 0.1) is 6.04 Å². The highest BCUT2D eigenvalue weighted by atomic mass is 32.1. The van der Waals surface area contributed by atoms with Crippen molar-refractivity contribution < 1.29 is 9.53 Å². The first-order chi connectivity index (χ1) is 7.72. The molecule has 1 aromatic heterocycles. The Bertz CT molecular complexity index is 378. The topological polar surface area (TPSA) is 42.4 Å². The SMILES string of the molecule is COCC(=O)N1CCCC1c1nc(C)cs1. The smallest absolute Gasteiger partial charge is 0.249 e. The first-order valence-corrected chi connectivity index (χ1v) is 6.30. The lowest BCUT2D eigenvalue weighted by Gasteiger charge is -2.22. The van der Waals surface area contributed by atoms with E-state index in [1.165, 1.54) is 0 Å². The molecule has 5 heteroatoms. The van der Waals surface area contributed by atoms with Crippen LogP contribution in [0.25, 0.3) is 0 Å². The standard InChI is InChI=1S/C11H16N2O2S/c1-8-7-16-11(12-8)9-4-3-5-13(9)10(14)6-15-2/h7,9H,3-6H2,1-2H3. The van der Waals surface area contributed by atoms with Crippen LogP contribution in [0.1, 0.15) is 29.6 Å². The number of carbonyl (C=O) groups is 1. The van der Waals surface area contributed by atoms with E-state index in [0.717, 1.165) is 30.1 Å². The zero-order valence-corrected chi connectivity index (χ0v) is 10.4. The van der Waals surface area contributed by atoms with E-state index in [9.17, 15) is 4.79 Å². The highest BCUT2D eigenvalue weighted by Gasteiger charge is 2.31. The van der Waals surface area contributed by atoms with E-state index in [1.807, 2.05) is 17.2 Å². The zero-order chi connectivity index (χ0) is 11.5. The molecule has 4 nitrogen and oxygen atoms in total. The summed E-state index contributed by atoms with van der Waals surface area (Å²) in [6.07, 6.45) is 2.07. The van der Waals surface area contributed by atoms with Crippen molar-refractivity contribution in [3.05, 3.63) is 16.1 Å². The molecule has 1 fully saturated rings. The van der Waals surface area contributed by atoms with E-state index in [4.69, 9.17) is 4.74 Å². The Morgan fingerprint density at radius 3 is 3.19 bits per heavy atom. The molecule has 88 valence electrons. The Kier molecular flexibility index (Phi) is 3.56. The number of methoxy groups -OCH3 is 1. The fourth-order valence-corrected chi connectivity index (χ4v) is 3.00. The maximum atomic E-state index is 11.8. The van der Waals surface area contributed by atoms with Crippen LogP contribution in [0.15, 0.2) is 5.38 Å². The fourth-order valence-electron chi connectivity index (χ4n) is 2.05. The van der Waals surface area contributed by atoms with Crippen molar-refractivity contribution >= 4 is 17.2 Å². The number of hydrogen-bond donors (Lipinski definition) is 0. The van der Waals surface area contributed by atoms with Crippen molar-refractivity contribution in [1.29, 1.82) is 0 Å². The summed E-state index contributed by atoms with van der Waals surface area (Å²) in [6, 6.07) is 0.168. The van der Waals surface area contributed by atoms with Gasteiger partial charge in [-0.05, 0) is 19.8 Å². The number of amides is 1. The third-order valence-corrected chi connectivity index (χ3v) is 3.83.